The van der Waals surface area contributed by atoms with Gasteiger partial charge in [-0.1, -0.05) is 19.1 Å². The molecule has 170 valence electrons. The van der Waals surface area contributed by atoms with Gasteiger partial charge >= 0.3 is 0 Å². The SMILES string of the molecule is CC[C@H](C(=O)N[C@H](C)COc1ccc(OC)cc1)N(c1cc(C)ccc1C)S(C)(=O)=O. The van der Waals surface area contributed by atoms with E-state index < -0.39 is 16.1 Å². The van der Waals surface area contributed by atoms with Gasteiger partial charge in [0.15, 0.2) is 0 Å². The van der Waals surface area contributed by atoms with Crippen molar-refractivity contribution in [2.24, 2.45) is 0 Å². The van der Waals surface area contributed by atoms with Crippen molar-refractivity contribution in [3.8, 4) is 11.5 Å². The number of hydrogen-bond acceptors (Lipinski definition) is 5. The molecule has 0 saturated carbocycles. The molecule has 1 N–H and O–H groups in total. The number of rotatable bonds is 10. The molecule has 2 aromatic rings. The van der Waals surface area contributed by atoms with Crippen LogP contribution >= 0.6 is 0 Å². The van der Waals surface area contributed by atoms with Gasteiger partial charge in [-0.2, -0.15) is 0 Å². The fourth-order valence-corrected chi connectivity index (χ4v) is 4.53. The number of amides is 1. The Labute approximate surface area is 185 Å². The molecule has 0 heterocycles. The summed E-state index contributed by atoms with van der Waals surface area (Å²) in [6.07, 6.45) is 1.46. The number of benzene rings is 2. The molecule has 2 rings (SSSR count). The van der Waals surface area contributed by atoms with Gasteiger partial charge < -0.3 is 14.8 Å². The van der Waals surface area contributed by atoms with E-state index in [1.807, 2.05) is 32.9 Å². The van der Waals surface area contributed by atoms with E-state index in [2.05, 4.69) is 5.32 Å². The molecule has 0 spiro atoms. The highest BCUT2D eigenvalue weighted by molar-refractivity contribution is 7.92. The van der Waals surface area contributed by atoms with Crippen LogP contribution in [0.1, 0.15) is 31.4 Å². The van der Waals surface area contributed by atoms with Crippen LogP contribution in [0, 0.1) is 13.8 Å². The van der Waals surface area contributed by atoms with E-state index in [1.54, 1.807) is 44.4 Å². The van der Waals surface area contributed by atoms with E-state index >= 15 is 0 Å². The third-order valence-electron chi connectivity index (χ3n) is 4.88. The number of sulfonamides is 1. The Kier molecular flexibility index (Phi) is 8.33. The zero-order valence-electron chi connectivity index (χ0n) is 19.0. The van der Waals surface area contributed by atoms with Gasteiger partial charge in [0.2, 0.25) is 15.9 Å². The number of aryl methyl sites for hydroxylation is 2. The van der Waals surface area contributed by atoms with Crippen LogP contribution in [0.3, 0.4) is 0 Å². The van der Waals surface area contributed by atoms with Gasteiger partial charge in [0.25, 0.3) is 0 Å². The summed E-state index contributed by atoms with van der Waals surface area (Å²) in [5.74, 6) is 1.02. The van der Waals surface area contributed by atoms with E-state index in [0.29, 0.717) is 17.9 Å². The van der Waals surface area contributed by atoms with Gasteiger partial charge in [-0.3, -0.25) is 9.10 Å². The molecule has 0 saturated heterocycles. The van der Waals surface area contributed by atoms with Crippen molar-refractivity contribution >= 4 is 21.6 Å². The lowest BCUT2D eigenvalue weighted by molar-refractivity contribution is -0.123. The molecule has 0 aliphatic carbocycles. The average molecular weight is 449 g/mol. The second-order valence-electron chi connectivity index (χ2n) is 7.67. The van der Waals surface area contributed by atoms with Gasteiger partial charge in [0.1, 0.15) is 24.1 Å². The van der Waals surface area contributed by atoms with Crippen LogP contribution in [-0.4, -0.2) is 46.4 Å². The molecule has 2 aromatic carbocycles. The summed E-state index contributed by atoms with van der Waals surface area (Å²) >= 11 is 0. The summed E-state index contributed by atoms with van der Waals surface area (Å²) in [4.78, 5) is 13.0. The highest BCUT2D eigenvalue weighted by Crippen LogP contribution is 2.27. The first kappa shape index (κ1) is 24.5. The standard InChI is InChI=1S/C23H32N2O5S/c1-7-21(25(31(6,27)28)22-14-16(2)8-9-17(22)3)23(26)24-18(4)15-30-20-12-10-19(29-5)11-13-20/h8-14,18,21H,7,15H2,1-6H3,(H,24,26)/t18-,21-/m1/s1. The average Bonchev–Trinajstić information content (AvgIpc) is 2.71. The second-order valence-corrected chi connectivity index (χ2v) is 9.53. The monoisotopic (exact) mass is 448 g/mol. The minimum atomic E-state index is -3.68. The van der Waals surface area contributed by atoms with Gasteiger partial charge in [-0.15, -0.1) is 0 Å². The fourth-order valence-electron chi connectivity index (χ4n) is 3.27. The second kappa shape index (κ2) is 10.5. The highest BCUT2D eigenvalue weighted by Gasteiger charge is 2.33. The number of nitrogens with zero attached hydrogens (tertiary/aromatic N) is 1. The van der Waals surface area contributed by atoms with Gasteiger partial charge in [0.05, 0.1) is 25.1 Å². The van der Waals surface area contributed by atoms with Crippen LogP contribution in [0.25, 0.3) is 0 Å². The normalized spacial score (nSPS) is 13.2. The van der Waals surface area contributed by atoms with Crippen molar-refractivity contribution in [3.63, 3.8) is 0 Å². The minimum absolute atomic E-state index is 0.247. The lowest BCUT2D eigenvalue weighted by Gasteiger charge is -2.32. The molecule has 0 radical (unpaired) electrons. The first-order valence-corrected chi connectivity index (χ1v) is 12.1. The number of methoxy groups -OCH3 is 1. The summed E-state index contributed by atoms with van der Waals surface area (Å²) in [7, 11) is -2.09. The Bertz CT molecular complexity index is 990. The van der Waals surface area contributed by atoms with Gasteiger partial charge in [-0.05, 0) is 68.7 Å². The third kappa shape index (κ3) is 6.62. The maximum atomic E-state index is 13.0. The zero-order chi connectivity index (χ0) is 23.2. The van der Waals surface area contributed by atoms with E-state index in [1.165, 1.54) is 4.31 Å². The van der Waals surface area contributed by atoms with E-state index in [4.69, 9.17) is 9.47 Å². The number of anilines is 1. The fraction of sp³-hybridized carbons (Fsp3) is 0.435. The first-order valence-electron chi connectivity index (χ1n) is 10.2. The number of ether oxygens (including phenoxy) is 2. The largest absolute Gasteiger partial charge is 0.497 e. The van der Waals surface area contributed by atoms with Crippen molar-refractivity contribution in [2.45, 2.75) is 46.2 Å². The van der Waals surface area contributed by atoms with Crippen molar-refractivity contribution < 1.29 is 22.7 Å². The number of carbonyl (C=O) groups is 1. The first-order chi connectivity index (χ1) is 14.6. The topological polar surface area (TPSA) is 84.9 Å². The van der Waals surface area contributed by atoms with Crippen molar-refractivity contribution in [1.82, 2.24) is 5.32 Å². The Hall–Kier alpha value is -2.74. The zero-order valence-corrected chi connectivity index (χ0v) is 19.8. The smallest absolute Gasteiger partial charge is 0.244 e. The minimum Gasteiger partial charge on any atom is -0.497 e. The molecule has 0 unspecified atom stereocenters. The Morgan fingerprint density at radius 1 is 1.10 bits per heavy atom. The Morgan fingerprint density at radius 2 is 1.71 bits per heavy atom. The molecule has 0 aliphatic heterocycles. The van der Waals surface area contributed by atoms with Gasteiger partial charge in [-0.25, -0.2) is 8.42 Å². The highest BCUT2D eigenvalue weighted by atomic mass is 32.2. The Morgan fingerprint density at radius 3 is 2.26 bits per heavy atom. The molecule has 7 nitrogen and oxygen atoms in total. The quantitative estimate of drug-likeness (QED) is 0.602. The summed E-state index contributed by atoms with van der Waals surface area (Å²) < 4.78 is 37.4. The summed E-state index contributed by atoms with van der Waals surface area (Å²) in [6.45, 7) is 7.59. The third-order valence-corrected chi connectivity index (χ3v) is 6.05. The van der Waals surface area contributed by atoms with E-state index in [9.17, 15) is 13.2 Å². The summed E-state index contributed by atoms with van der Waals surface area (Å²) in [5.41, 5.74) is 2.23. The van der Waals surface area contributed by atoms with Crippen molar-refractivity contribution in [1.29, 1.82) is 0 Å². The summed E-state index contributed by atoms with van der Waals surface area (Å²) in [6, 6.07) is 11.5. The maximum absolute atomic E-state index is 13.0. The van der Waals surface area contributed by atoms with Crippen LogP contribution in [0.2, 0.25) is 0 Å². The molecule has 0 fully saturated rings. The summed E-state index contributed by atoms with van der Waals surface area (Å²) in [5, 5.41) is 2.89. The van der Waals surface area contributed by atoms with Crippen LogP contribution < -0.4 is 19.1 Å². The molecule has 0 aliphatic rings. The predicted octanol–water partition coefficient (Wildman–Crippen LogP) is 3.44. The predicted molar refractivity (Wildman–Crippen MR) is 123 cm³/mol. The molecule has 8 heteroatoms. The number of hydrogen-bond donors (Lipinski definition) is 1. The van der Waals surface area contributed by atoms with Crippen molar-refractivity contribution in [3.05, 3.63) is 53.6 Å². The Balaban J connectivity index is 2.14. The maximum Gasteiger partial charge on any atom is 0.244 e. The van der Waals surface area contributed by atoms with Gasteiger partial charge in [0, 0.05) is 0 Å². The van der Waals surface area contributed by atoms with Crippen molar-refractivity contribution in [2.75, 3.05) is 24.3 Å². The molecular weight excluding hydrogens is 416 g/mol. The van der Waals surface area contributed by atoms with E-state index in [-0.39, 0.29) is 18.6 Å². The van der Waals surface area contributed by atoms with Crippen LogP contribution in [-0.2, 0) is 14.8 Å². The van der Waals surface area contributed by atoms with Crippen LogP contribution in [0.5, 0.6) is 11.5 Å². The molecule has 0 bridgehead atoms. The lowest BCUT2D eigenvalue weighted by Crippen LogP contribution is -2.52. The molecular formula is C23H32N2O5S. The molecule has 31 heavy (non-hydrogen) atoms. The van der Waals surface area contributed by atoms with Crippen LogP contribution in [0.15, 0.2) is 42.5 Å². The molecule has 0 aromatic heterocycles. The number of nitrogens with one attached hydrogen (secondary N) is 1. The number of carbonyl (C=O) groups excluding carboxylic acids is 1. The van der Waals surface area contributed by atoms with Crippen LogP contribution in [0.4, 0.5) is 5.69 Å². The van der Waals surface area contributed by atoms with E-state index in [0.717, 1.165) is 23.1 Å². The lowest BCUT2D eigenvalue weighted by atomic mass is 10.1. The molecule has 1 amide bonds. The molecule has 2 atom stereocenters.